The maximum Gasteiger partial charge on any atom is 0.417 e. The van der Waals surface area contributed by atoms with Crippen LogP contribution in [-0.2, 0) is 35.6 Å². The van der Waals surface area contributed by atoms with Gasteiger partial charge < -0.3 is 5.32 Å². The van der Waals surface area contributed by atoms with Gasteiger partial charge in [-0.15, -0.1) is 0 Å². The molecule has 1 aliphatic carbocycles. The van der Waals surface area contributed by atoms with Crippen LogP contribution in [-0.4, -0.2) is 21.0 Å². The van der Waals surface area contributed by atoms with Crippen molar-refractivity contribution >= 4 is 26.0 Å². The molecule has 28 heavy (non-hydrogen) atoms. The predicted octanol–water partition coefficient (Wildman–Crippen LogP) is 4.02. The molecule has 1 aliphatic rings. The van der Waals surface area contributed by atoms with E-state index in [-0.39, 0.29) is 4.47 Å². The Kier molecular flexibility index (Phi) is 6.19. The van der Waals surface area contributed by atoms with Gasteiger partial charge in [0.05, 0.1) is 10.5 Å². The second-order valence-electron chi connectivity index (χ2n) is 6.75. The fourth-order valence-electron chi connectivity index (χ4n) is 3.38. The molecular weight excluding hydrogens is 457 g/mol. The molecule has 0 spiro atoms. The highest BCUT2D eigenvalue weighted by Gasteiger charge is 2.38. The van der Waals surface area contributed by atoms with E-state index in [4.69, 9.17) is 0 Å². The van der Waals surface area contributed by atoms with Gasteiger partial charge in [0.2, 0.25) is 10.0 Å². The van der Waals surface area contributed by atoms with Gasteiger partial charge >= 0.3 is 6.18 Å². The standard InChI is InChI=1S/C19H20BrF3N2O2S/c1-2-24-11-12-3-4-13-8-16(9-14(13)7-12)25-28(26,27)18-6-5-15(20)10-17(18)19(21,22)23/h3-7,10,16,24-25H,2,8-9,11H2,1H3. The zero-order valence-electron chi connectivity index (χ0n) is 15.1. The first-order chi connectivity index (χ1) is 13.1. The van der Waals surface area contributed by atoms with E-state index >= 15 is 0 Å². The van der Waals surface area contributed by atoms with Crippen molar-refractivity contribution in [1.29, 1.82) is 0 Å². The van der Waals surface area contributed by atoms with E-state index in [9.17, 15) is 21.6 Å². The molecule has 2 aromatic rings. The molecule has 0 radical (unpaired) electrons. The van der Waals surface area contributed by atoms with Crippen LogP contribution < -0.4 is 10.0 Å². The molecular formula is C19H20BrF3N2O2S. The van der Waals surface area contributed by atoms with Crippen LogP contribution >= 0.6 is 15.9 Å². The van der Waals surface area contributed by atoms with E-state index in [0.717, 1.165) is 35.4 Å². The van der Waals surface area contributed by atoms with Crippen LogP contribution in [0.4, 0.5) is 13.2 Å². The van der Waals surface area contributed by atoms with Crippen molar-refractivity contribution in [2.75, 3.05) is 6.54 Å². The molecule has 0 fully saturated rings. The first-order valence-corrected chi connectivity index (χ1v) is 11.1. The minimum Gasteiger partial charge on any atom is -0.313 e. The number of sulfonamides is 1. The van der Waals surface area contributed by atoms with Gasteiger partial charge in [-0.3, -0.25) is 0 Å². The Bertz CT molecular complexity index is 978. The first kappa shape index (κ1) is 21.3. The zero-order chi connectivity index (χ0) is 20.5. The van der Waals surface area contributed by atoms with Gasteiger partial charge in [-0.1, -0.05) is 41.1 Å². The summed E-state index contributed by atoms with van der Waals surface area (Å²) in [5.41, 5.74) is 1.95. The highest BCUT2D eigenvalue weighted by molar-refractivity contribution is 9.10. The summed E-state index contributed by atoms with van der Waals surface area (Å²) in [6, 6.07) is 8.54. The number of halogens is 4. The number of nitrogens with one attached hydrogen (secondary N) is 2. The number of hydrogen-bond donors (Lipinski definition) is 2. The molecule has 9 heteroatoms. The van der Waals surface area contributed by atoms with Crippen molar-refractivity contribution < 1.29 is 21.6 Å². The summed E-state index contributed by atoms with van der Waals surface area (Å²) in [7, 11) is -4.32. The third-order valence-corrected chi connectivity index (χ3v) is 6.71. The minimum absolute atomic E-state index is 0.167. The van der Waals surface area contributed by atoms with Crippen molar-refractivity contribution in [3.63, 3.8) is 0 Å². The monoisotopic (exact) mass is 476 g/mol. The Morgan fingerprint density at radius 3 is 2.50 bits per heavy atom. The quantitative estimate of drug-likeness (QED) is 0.661. The van der Waals surface area contributed by atoms with Crippen LogP contribution in [0.15, 0.2) is 45.8 Å². The zero-order valence-corrected chi connectivity index (χ0v) is 17.5. The van der Waals surface area contributed by atoms with Gasteiger partial charge in [-0.25, -0.2) is 13.1 Å². The second-order valence-corrected chi connectivity index (χ2v) is 9.35. The number of benzene rings is 2. The molecule has 1 unspecified atom stereocenters. The first-order valence-electron chi connectivity index (χ1n) is 8.80. The summed E-state index contributed by atoms with van der Waals surface area (Å²) in [5.74, 6) is 0. The molecule has 2 N–H and O–H groups in total. The summed E-state index contributed by atoms with van der Waals surface area (Å²) >= 11 is 2.97. The maximum absolute atomic E-state index is 13.3. The van der Waals surface area contributed by atoms with Crippen LogP contribution in [0.2, 0.25) is 0 Å². The summed E-state index contributed by atoms with van der Waals surface area (Å²) in [6.07, 6.45) is -3.87. The molecule has 2 aromatic carbocycles. The normalized spacial score (nSPS) is 17.0. The molecule has 0 heterocycles. The maximum atomic E-state index is 13.3. The van der Waals surface area contributed by atoms with Crippen molar-refractivity contribution in [2.45, 2.75) is 43.4 Å². The lowest BCUT2D eigenvalue weighted by Gasteiger charge is -2.17. The van der Waals surface area contributed by atoms with E-state index in [1.54, 1.807) is 0 Å². The average Bonchev–Trinajstić information content (AvgIpc) is 2.99. The van der Waals surface area contributed by atoms with Crippen LogP contribution in [0.5, 0.6) is 0 Å². The van der Waals surface area contributed by atoms with Crippen LogP contribution in [0.25, 0.3) is 0 Å². The molecule has 0 saturated carbocycles. The molecule has 152 valence electrons. The number of fused-ring (bicyclic) bond motifs is 1. The Hall–Kier alpha value is -1.42. The van der Waals surface area contributed by atoms with E-state index < -0.39 is 32.7 Å². The Morgan fingerprint density at radius 2 is 1.82 bits per heavy atom. The SMILES string of the molecule is CCNCc1ccc2c(c1)CC(NS(=O)(=O)c1ccc(Br)cc1C(F)(F)F)C2. The summed E-state index contributed by atoms with van der Waals surface area (Å²) < 4.78 is 67.9. The topological polar surface area (TPSA) is 58.2 Å². The molecule has 0 bridgehead atoms. The van der Waals surface area contributed by atoms with Gasteiger partial charge in [0.1, 0.15) is 0 Å². The molecule has 0 aromatic heterocycles. The molecule has 0 saturated heterocycles. The second kappa shape index (κ2) is 8.14. The highest BCUT2D eigenvalue weighted by Crippen LogP contribution is 2.36. The summed E-state index contributed by atoms with van der Waals surface area (Å²) in [6.45, 7) is 3.57. The lowest BCUT2D eigenvalue weighted by Crippen LogP contribution is -2.36. The van der Waals surface area contributed by atoms with E-state index in [2.05, 4.69) is 26.0 Å². The summed E-state index contributed by atoms with van der Waals surface area (Å²) in [5, 5.41) is 3.23. The lowest BCUT2D eigenvalue weighted by molar-refractivity contribution is -0.139. The lowest BCUT2D eigenvalue weighted by atomic mass is 10.1. The third kappa shape index (κ3) is 4.76. The van der Waals surface area contributed by atoms with Gasteiger partial charge in [0.25, 0.3) is 0 Å². The molecule has 0 aliphatic heterocycles. The minimum atomic E-state index is -4.77. The Labute approximate surface area is 170 Å². The Morgan fingerprint density at radius 1 is 1.11 bits per heavy atom. The highest BCUT2D eigenvalue weighted by atomic mass is 79.9. The molecule has 1 atom stereocenters. The van der Waals surface area contributed by atoms with Crippen molar-refractivity contribution in [3.8, 4) is 0 Å². The molecule has 0 amide bonds. The van der Waals surface area contributed by atoms with E-state index in [0.29, 0.717) is 19.4 Å². The van der Waals surface area contributed by atoms with Crippen molar-refractivity contribution in [1.82, 2.24) is 10.0 Å². The van der Waals surface area contributed by atoms with Crippen molar-refractivity contribution in [3.05, 3.63) is 63.1 Å². The van der Waals surface area contributed by atoms with Gasteiger partial charge in [-0.05, 0) is 54.3 Å². The summed E-state index contributed by atoms with van der Waals surface area (Å²) in [4.78, 5) is -0.757. The molecule has 3 rings (SSSR count). The fourth-order valence-corrected chi connectivity index (χ4v) is 5.18. The third-order valence-electron chi connectivity index (χ3n) is 4.64. The predicted molar refractivity (Wildman–Crippen MR) is 104 cm³/mol. The van der Waals surface area contributed by atoms with Crippen LogP contribution in [0.3, 0.4) is 0 Å². The average molecular weight is 477 g/mol. The van der Waals surface area contributed by atoms with Crippen LogP contribution in [0, 0.1) is 0 Å². The van der Waals surface area contributed by atoms with Gasteiger partial charge in [0, 0.05) is 17.1 Å². The fraction of sp³-hybridized carbons (Fsp3) is 0.368. The van der Waals surface area contributed by atoms with Gasteiger partial charge in [-0.2, -0.15) is 13.2 Å². The number of alkyl halides is 3. The number of hydrogen-bond acceptors (Lipinski definition) is 3. The van der Waals surface area contributed by atoms with Crippen molar-refractivity contribution in [2.24, 2.45) is 0 Å². The Balaban J connectivity index is 1.81. The number of rotatable bonds is 6. The largest absolute Gasteiger partial charge is 0.417 e. The van der Waals surface area contributed by atoms with Crippen LogP contribution in [0.1, 0.15) is 29.2 Å². The van der Waals surface area contributed by atoms with E-state index in [1.807, 2.05) is 25.1 Å². The smallest absolute Gasteiger partial charge is 0.313 e. The van der Waals surface area contributed by atoms with Gasteiger partial charge in [0.15, 0.2) is 0 Å². The van der Waals surface area contributed by atoms with E-state index in [1.165, 1.54) is 6.07 Å². The molecule has 4 nitrogen and oxygen atoms in total.